The van der Waals surface area contributed by atoms with Gasteiger partial charge in [-0.15, -0.1) is 11.3 Å². The van der Waals surface area contributed by atoms with E-state index in [0.717, 1.165) is 23.5 Å². The van der Waals surface area contributed by atoms with E-state index < -0.39 is 6.10 Å². The fourth-order valence-corrected chi connectivity index (χ4v) is 3.09. The van der Waals surface area contributed by atoms with Crippen LogP contribution in [0.4, 0.5) is 0 Å². The van der Waals surface area contributed by atoms with Gasteiger partial charge in [-0.1, -0.05) is 18.2 Å². The number of nitrogens with one attached hydrogen (secondary N) is 1. The van der Waals surface area contributed by atoms with Gasteiger partial charge in [0.2, 0.25) is 0 Å². The van der Waals surface area contributed by atoms with Crippen LogP contribution >= 0.6 is 11.3 Å². The van der Waals surface area contributed by atoms with Crippen molar-refractivity contribution in [2.45, 2.75) is 31.9 Å². The molecule has 5 nitrogen and oxygen atoms in total. The van der Waals surface area contributed by atoms with Gasteiger partial charge in [-0.25, -0.2) is 0 Å². The Morgan fingerprint density at radius 2 is 2.04 bits per heavy atom. The van der Waals surface area contributed by atoms with Crippen LogP contribution in [0, 0.1) is 0 Å². The van der Waals surface area contributed by atoms with Gasteiger partial charge >= 0.3 is 0 Å². The van der Waals surface area contributed by atoms with Crippen molar-refractivity contribution in [1.82, 2.24) is 5.32 Å². The fourth-order valence-electron chi connectivity index (χ4n) is 2.21. The van der Waals surface area contributed by atoms with Gasteiger partial charge in [0.05, 0.1) is 4.88 Å². The molecule has 0 fully saturated rings. The van der Waals surface area contributed by atoms with Crippen molar-refractivity contribution in [3.63, 3.8) is 0 Å². The highest BCUT2D eigenvalue weighted by atomic mass is 32.1. The number of nitrogens with two attached hydrogens (primary N) is 1. The van der Waals surface area contributed by atoms with Crippen LogP contribution < -0.4 is 15.8 Å². The molecule has 1 heterocycles. The number of aliphatic hydroxyl groups is 1. The number of aliphatic hydroxyl groups excluding tert-OH is 1. The fraction of sp³-hybridized carbons (Fsp3) is 0.389. The molecule has 0 aliphatic heterocycles. The molecule has 6 heteroatoms. The second kappa shape index (κ2) is 9.42. The van der Waals surface area contributed by atoms with Crippen LogP contribution in [-0.2, 0) is 6.42 Å². The Bertz CT molecular complexity index is 630. The Kier molecular flexibility index (Phi) is 7.24. The maximum absolute atomic E-state index is 11.1. The minimum Gasteiger partial charge on any atom is -0.491 e. The zero-order valence-electron chi connectivity index (χ0n) is 13.8. The molecule has 0 bridgehead atoms. The number of rotatable bonds is 10. The van der Waals surface area contributed by atoms with Gasteiger partial charge < -0.3 is 20.9 Å². The molecule has 1 aromatic carbocycles. The number of ether oxygens (including phenoxy) is 1. The Morgan fingerprint density at radius 3 is 2.71 bits per heavy atom. The number of benzene rings is 1. The maximum Gasteiger partial charge on any atom is 0.258 e. The summed E-state index contributed by atoms with van der Waals surface area (Å²) in [6.45, 7) is 2.81. The Balaban J connectivity index is 1.63. The molecule has 24 heavy (non-hydrogen) atoms. The van der Waals surface area contributed by atoms with Crippen molar-refractivity contribution >= 4 is 17.2 Å². The van der Waals surface area contributed by atoms with E-state index >= 15 is 0 Å². The Morgan fingerprint density at radius 1 is 1.29 bits per heavy atom. The van der Waals surface area contributed by atoms with Crippen LogP contribution in [0.15, 0.2) is 42.5 Å². The minimum absolute atomic E-state index is 0.260. The molecule has 2 rings (SSSR count). The van der Waals surface area contributed by atoms with Gasteiger partial charge in [-0.2, -0.15) is 0 Å². The minimum atomic E-state index is -0.559. The zero-order chi connectivity index (χ0) is 17.4. The van der Waals surface area contributed by atoms with E-state index in [2.05, 4.69) is 12.2 Å². The van der Waals surface area contributed by atoms with Crippen LogP contribution in [0.3, 0.4) is 0 Å². The third-order valence-corrected chi connectivity index (χ3v) is 4.78. The number of aryl methyl sites for hydroxylation is 1. The summed E-state index contributed by atoms with van der Waals surface area (Å²) in [5.74, 6) is 0.381. The Hall–Kier alpha value is -1.89. The van der Waals surface area contributed by atoms with Crippen molar-refractivity contribution in [3.8, 4) is 5.75 Å². The topological polar surface area (TPSA) is 84.6 Å². The predicted octanol–water partition coefficient (Wildman–Crippen LogP) is 2.20. The normalized spacial score (nSPS) is 13.4. The van der Waals surface area contributed by atoms with Gasteiger partial charge in [0.25, 0.3) is 5.91 Å². The molecular weight excluding hydrogens is 324 g/mol. The van der Waals surface area contributed by atoms with E-state index in [1.807, 2.05) is 36.4 Å². The second-order valence-electron chi connectivity index (χ2n) is 5.76. The molecule has 0 saturated heterocycles. The lowest BCUT2D eigenvalue weighted by atomic mass is 10.1. The molecule has 2 aromatic rings. The number of amides is 1. The zero-order valence-corrected chi connectivity index (χ0v) is 14.6. The highest BCUT2D eigenvalue weighted by molar-refractivity contribution is 7.14. The van der Waals surface area contributed by atoms with Crippen LogP contribution in [0.5, 0.6) is 5.75 Å². The molecule has 0 radical (unpaired) electrons. The summed E-state index contributed by atoms with van der Waals surface area (Å²) in [6.07, 6.45) is 1.24. The largest absolute Gasteiger partial charge is 0.491 e. The van der Waals surface area contributed by atoms with Crippen molar-refractivity contribution < 1.29 is 14.6 Å². The number of primary amides is 1. The lowest BCUT2D eigenvalue weighted by molar-refractivity contribution is 0.100. The first kappa shape index (κ1) is 18.4. The highest BCUT2D eigenvalue weighted by Crippen LogP contribution is 2.18. The number of thiophene rings is 1. The first-order valence-corrected chi connectivity index (χ1v) is 8.84. The summed E-state index contributed by atoms with van der Waals surface area (Å²) in [5, 5.41) is 13.3. The summed E-state index contributed by atoms with van der Waals surface area (Å²) < 4.78 is 5.52. The van der Waals surface area contributed by atoms with Crippen LogP contribution in [0.2, 0.25) is 0 Å². The molecule has 0 unspecified atom stereocenters. The van der Waals surface area contributed by atoms with E-state index in [1.54, 1.807) is 6.07 Å². The molecule has 130 valence electrons. The molecule has 0 saturated carbocycles. The van der Waals surface area contributed by atoms with E-state index in [1.165, 1.54) is 11.3 Å². The highest BCUT2D eigenvalue weighted by Gasteiger charge is 2.10. The average molecular weight is 348 g/mol. The van der Waals surface area contributed by atoms with Gasteiger partial charge in [0.15, 0.2) is 0 Å². The summed E-state index contributed by atoms with van der Waals surface area (Å²) in [5.41, 5.74) is 5.25. The number of carbonyl (C=O) groups is 1. The molecular formula is C18H24N2O3S. The van der Waals surface area contributed by atoms with Crippen molar-refractivity contribution in [1.29, 1.82) is 0 Å². The predicted molar refractivity (Wildman–Crippen MR) is 96.6 cm³/mol. The number of hydrogen-bond acceptors (Lipinski definition) is 5. The maximum atomic E-state index is 11.1. The molecule has 2 atom stereocenters. The van der Waals surface area contributed by atoms with Crippen LogP contribution in [-0.4, -0.2) is 36.3 Å². The third kappa shape index (κ3) is 6.31. The van der Waals surface area contributed by atoms with Crippen LogP contribution in [0.25, 0.3) is 0 Å². The third-order valence-electron chi connectivity index (χ3n) is 3.62. The number of hydrogen-bond donors (Lipinski definition) is 3. The lowest BCUT2D eigenvalue weighted by Gasteiger charge is -2.17. The molecule has 0 spiro atoms. The van der Waals surface area contributed by atoms with Gasteiger partial charge in [-0.3, -0.25) is 4.79 Å². The monoisotopic (exact) mass is 348 g/mol. The summed E-state index contributed by atoms with van der Waals surface area (Å²) in [6, 6.07) is 13.4. The first-order chi connectivity index (χ1) is 11.5. The SMILES string of the molecule is C[C@@H](CCc1ccc(C(N)=O)s1)NC[C@H](O)COc1ccccc1. The van der Waals surface area contributed by atoms with Crippen molar-refractivity contribution in [2.24, 2.45) is 5.73 Å². The van der Waals surface area contributed by atoms with E-state index in [-0.39, 0.29) is 18.6 Å². The van der Waals surface area contributed by atoms with Gasteiger partial charge in [0.1, 0.15) is 18.5 Å². The van der Waals surface area contributed by atoms with Gasteiger partial charge in [0, 0.05) is 17.5 Å². The molecule has 0 aliphatic carbocycles. The van der Waals surface area contributed by atoms with E-state index in [9.17, 15) is 9.90 Å². The van der Waals surface area contributed by atoms with Crippen molar-refractivity contribution in [3.05, 3.63) is 52.2 Å². The van der Waals surface area contributed by atoms with Crippen LogP contribution in [0.1, 0.15) is 27.9 Å². The first-order valence-electron chi connectivity index (χ1n) is 8.02. The molecule has 1 amide bonds. The smallest absolute Gasteiger partial charge is 0.258 e. The van der Waals surface area contributed by atoms with E-state index in [0.29, 0.717) is 11.4 Å². The number of carbonyl (C=O) groups excluding carboxylic acids is 1. The van der Waals surface area contributed by atoms with E-state index in [4.69, 9.17) is 10.5 Å². The van der Waals surface area contributed by atoms with Gasteiger partial charge in [-0.05, 0) is 44.0 Å². The molecule has 1 aromatic heterocycles. The quantitative estimate of drug-likeness (QED) is 0.614. The lowest BCUT2D eigenvalue weighted by Crippen LogP contribution is -2.36. The Labute approximate surface area is 146 Å². The summed E-state index contributed by atoms with van der Waals surface area (Å²) in [7, 11) is 0. The molecule has 4 N–H and O–H groups in total. The second-order valence-corrected chi connectivity index (χ2v) is 6.92. The van der Waals surface area contributed by atoms with Crippen molar-refractivity contribution in [2.75, 3.05) is 13.2 Å². The summed E-state index contributed by atoms with van der Waals surface area (Å²) >= 11 is 1.44. The standard InChI is InChI=1S/C18H24N2O3S/c1-13(7-8-16-9-10-17(24-16)18(19)22)20-11-14(21)12-23-15-5-3-2-4-6-15/h2-6,9-10,13-14,20-21H,7-8,11-12H2,1H3,(H2,19,22)/t13-,14-/m0/s1. The molecule has 0 aliphatic rings. The average Bonchev–Trinajstić information content (AvgIpc) is 3.06. The number of para-hydroxylation sites is 1. The summed E-state index contributed by atoms with van der Waals surface area (Å²) in [4.78, 5) is 12.8.